The van der Waals surface area contributed by atoms with Crippen LogP contribution in [0.15, 0.2) is 29.6 Å². The van der Waals surface area contributed by atoms with E-state index >= 15 is 0 Å². The molecule has 0 fully saturated rings. The van der Waals surface area contributed by atoms with Gasteiger partial charge in [0.25, 0.3) is 11.6 Å². The number of carbonyl (C=O) groups excluding carboxylic acids is 1. The Morgan fingerprint density at radius 1 is 1.38 bits per heavy atom. The first-order valence-electron chi connectivity index (χ1n) is 5.93. The molecule has 2 aromatic rings. The van der Waals surface area contributed by atoms with E-state index < -0.39 is 10.8 Å². The third-order valence-electron chi connectivity index (χ3n) is 2.71. The molecule has 1 N–H and O–H groups in total. The van der Waals surface area contributed by atoms with Crippen LogP contribution in [-0.4, -0.2) is 17.4 Å². The fraction of sp³-hybridized carbons (Fsp3) is 0.154. The Morgan fingerprint density at radius 3 is 2.76 bits per heavy atom. The van der Waals surface area contributed by atoms with E-state index in [1.807, 2.05) is 17.5 Å². The SMILES string of the molecule is O=C(NCCc1cccs1)c1cc([N+](=O)[O-])cc(Cl)c1Cl. The Bertz CT molecular complexity index is 674. The van der Waals surface area contributed by atoms with E-state index in [9.17, 15) is 14.9 Å². The van der Waals surface area contributed by atoms with Crippen LogP contribution in [0.3, 0.4) is 0 Å². The van der Waals surface area contributed by atoms with Crippen molar-refractivity contribution < 1.29 is 9.72 Å². The van der Waals surface area contributed by atoms with Gasteiger partial charge in [0.15, 0.2) is 0 Å². The van der Waals surface area contributed by atoms with E-state index in [-0.39, 0.29) is 21.3 Å². The number of nitrogens with zero attached hydrogens (tertiary/aromatic N) is 1. The molecule has 8 heteroatoms. The van der Waals surface area contributed by atoms with Crippen molar-refractivity contribution in [1.29, 1.82) is 0 Å². The maximum Gasteiger partial charge on any atom is 0.271 e. The maximum atomic E-state index is 12.0. The van der Waals surface area contributed by atoms with Crippen LogP contribution < -0.4 is 5.32 Å². The van der Waals surface area contributed by atoms with Gasteiger partial charge in [-0.25, -0.2) is 0 Å². The normalized spacial score (nSPS) is 10.4. The highest BCUT2D eigenvalue weighted by Gasteiger charge is 2.19. The minimum absolute atomic E-state index is 0.00189. The topological polar surface area (TPSA) is 72.2 Å². The van der Waals surface area contributed by atoms with Gasteiger partial charge in [0, 0.05) is 23.6 Å². The van der Waals surface area contributed by atoms with Gasteiger partial charge in [-0.15, -0.1) is 11.3 Å². The zero-order chi connectivity index (χ0) is 15.4. The van der Waals surface area contributed by atoms with E-state index in [1.54, 1.807) is 11.3 Å². The van der Waals surface area contributed by atoms with Crippen molar-refractivity contribution in [3.8, 4) is 0 Å². The number of halogens is 2. The number of rotatable bonds is 5. The summed E-state index contributed by atoms with van der Waals surface area (Å²) in [5.41, 5.74) is -0.269. The Hall–Kier alpha value is -1.63. The highest BCUT2D eigenvalue weighted by Crippen LogP contribution is 2.30. The third kappa shape index (κ3) is 3.93. The lowest BCUT2D eigenvalue weighted by molar-refractivity contribution is -0.384. The molecule has 2 rings (SSSR count). The monoisotopic (exact) mass is 344 g/mol. The molecule has 0 aliphatic rings. The Balaban J connectivity index is 2.09. The van der Waals surface area contributed by atoms with Crippen molar-refractivity contribution in [3.05, 3.63) is 60.2 Å². The molecule has 1 aromatic carbocycles. The number of non-ortho nitro benzene ring substituents is 1. The van der Waals surface area contributed by atoms with Crippen LogP contribution in [0.25, 0.3) is 0 Å². The predicted octanol–water partition coefficient (Wildman–Crippen LogP) is 3.94. The Labute approximate surface area is 134 Å². The number of benzene rings is 1. The molecule has 1 heterocycles. The van der Waals surface area contributed by atoms with E-state index in [0.717, 1.165) is 17.0 Å². The lowest BCUT2D eigenvalue weighted by Gasteiger charge is -2.07. The number of nitro groups is 1. The first kappa shape index (κ1) is 15.8. The molecular weight excluding hydrogens is 335 g/mol. The summed E-state index contributed by atoms with van der Waals surface area (Å²) in [4.78, 5) is 23.3. The minimum Gasteiger partial charge on any atom is -0.352 e. The Morgan fingerprint density at radius 2 is 2.14 bits per heavy atom. The molecule has 0 saturated heterocycles. The molecule has 0 aliphatic carbocycles. The quantitative estimate of drug-likeness (QED) is 0.659. The summed E-state index contributed by atoms with van der Waals surface area (Å²) in [6.07, 6.45) is 0.684. The van der Waals surface area contributed by atoms with Gasteiger partial charge in [-0.3, -0.25) is 14.9 Å². The molecule has 0 saturated carbocycles. The number of hydrogen-bond acceptors (Lipinski definition) is 4. The van der Waals surface area contributed by atoms with Gasteiger partial charge >= 0.3 is 0 Å². The molecule has 1 aromatic heterocycles. The minimum atomic E-state index is -0.620. The highest BCUT2D eigenvalue weighted by molar-refractivity contribution is 7.09. The summed E-state index contributed by atoms with van der Waals surface area (Å²) in [6, 6.07) is 6.13. The average Bonchev–Trinajstić information content (AvgIpc) is 2.94. The second-order valence-electron chi connectivity index (χ2n) is 4.13. The number of thiophene rings is 1. The van der Waals surface area contributed by atoms with Crippen LogP contribution >= 0.6 is 34.5 Å². The first-order valence-corrected chi connectivity index (χ1v) is 7.56. The molecular formula is C13H10Cl2N2O3S. The van der Waals surface area contributed by atoms with Crippen molar-refractivity contribution in [3.63, 3.8) is 0 Å². The average molecular weight is 345 g/mol. The second kappa shape index (κ2) is 6.89. The zero-order valence-electron chi connectivity index (χ0n) is 10.6. The van der Waals surface area contributed by atoms with Crippen molar-refractivity contribution in [2.75, 3.05) is 6.54 Å². The van der Waals surface area contributed by atoms with Crippen LogP contribution in [0.1, 0.15) is 15.2 Å². The van der Waals surface area contributed by atoms with Crippen LogP contribution in [0.2, 0.25) is 10.0 Å². The lowest BCUT2D eigenvalue weighted by Crippen LogP contribution is -2.26. The molecule has 0 bridgehead atoms. The van der Waals surface area contributed by atoms with Crippen LogP contribution in [0.4, 0.5) is 5.69 Å². The van der Waals surface area contributed by atoms with Crippen molar-refractivity contribution in [1.82, 2.24) is 5.32 Å². The number of nitrogens with one attached hydrogen (secondary N) is 1. The summed E-state index contributed by atoms with van der Waals surface area (Å²) in [5, 5.41) is 15.4. The highest BCUT2D eigenvalue weighted by atomic mass is 35.5. The van der Waals surface area contributed by atoms with E-state index in [0.29, 0.717) is 13.0 Å². The van der Waals surface area contributed by atoms with E-state index in [1.165, 1.54) is 0 Å². The van der Waals surface area contributed by atoms with Gasteiger partial charge in [-0.1, -0.05) is 29.3 Å². The predicted molar refractivity (Wildman–Crippen MR) is 83.5 cm³/mol. The third-order valence-corrected chi connectivity index (χ3v) is 4.44. The first-order chi connectivity index (χ1) is 9.99. The molecule has 0 aliphatic heterocycles. The summed E-state index contributed by atoms with van der Waals surface area (Å²) >= 11 is 13.3. The van der Waals surface area contributed by atoms with E-state index in [2.05, 4.69) is 5.32 Å². The molecule has 21 heavy (non-hydrogen) atoms. The van der Waals surface area contributed by atoms with Gasteiger partial charge in [0.2, 0.25) is 0 Å². The summed E-state index contributed by atoms with van der Waals surface area (Å²) in [6.45, 7) is 0.413. The lowest BCUT2D eigenvalue weighted by atomic mass is 10.2. The van der Waals surface area contributed by atoms with Crippen LogP contribution in [0, 0.1) is 10.1 Å². The number of carbonyl (C=O) groups is 1. The van der Waals surface area contributed by atoms with Crippen molar-refractivity contribution in [2.45, 2.75) is 6.42 Å². The number of nitro benzene ring substituents is 1. The van der Waals surface area contributed by atoms with Gasteiger partial charge in [-0.2, -0.15) is 0 Å². The smallest absolute Gasteiger partial charge is 0.271 e. The van der Waals surface area contributed by atoms with Crippen LogP contribution in [-0.2, 0) is 6.42 Å². The van der Waals surface area contributed by atoms with Crippen LogP contribution in [0.5, 0.6) is 0 Å². The van der Waals surface area contributed by atoms with Gasteiger partial charge in [0.1, 0.15) is 0 Å². The second-order valence-corrected chi connectivity index (χ2v) is 5.95. The van der Waals surface area contributed by atoms with Gasteiger partial charge in [-0.05, 0) is 17.9 Å². The zero-order valence-corrected chi connectivity index (χ0v) is 13.0. The Kier molecular flexibility index (Phi) is 5.17. The molecule has 1 amide bonds. The summed E-state index contributed by atoms with van der Waals surface area (Å²) < 4.78 is 0. The van der Waals surface area contributed by atoms with Gasteiger partial charge < -0.3 is 5.32 Å². The number of hydrogen-bond donors (Lipinski definition) is 1. The molecule has 110 valence electrons. The van der Waals surface area contributed by atoms with E-state index in [4.69, 9.17) is 23.2 Å². The number of amides is 1. The standard InChI is InChI=1S/C13H10Cl2N2O3S/c14-11-7-8(17(19)20)6-10(12(11)15)13(18)16-4-3-9-2-1-5-21-9/h1-2,5-7H,3-4H2,(H,16,18). The summed E-state index contributed by atoms with van der Waals surface area (Å²) in [5.74, 6) is -0.484. The van der Waals surface area contributed by atoms with Crippen molar-refractivity contribution >= 4 is 46.1 Å². The van der Waals surface area contributed by atoms with Crippen molar-refractivity contribution in [2.24, 2.45) is 0 Å². The summed E-state index contributed by atoms with van der Waals surface area (Å²) in [7, 11) is 0. The molecule has 5 nitrogen and oxygen atoms in total. The maximum absolute atomic E-state index is 12.0. The molecule has 0 radical (unpaired) electrons. The fourth-order valence-electron chi connectivity index (χ4n) is 1.69. The fourth-order valence-corrected chi connectivity index (χ4v) is 2.81. The van der Waals surface area contributed by atoms with Gasteiger partial charge in [0.05, 0.1) is 20.5 Å². The molecule has 0 atom stereocenters. The molecule has 0 unspecified atom stereocenters. The largest absolute Gasteiger partial charge is 0.352 e. The molecule has 0 spiro atoms.